The standard InChI is InChI=1S/C20H19FN6O2/c1-3-29-19-18(24-27(25-19)16-9-5-8-15(21)10-16)20(28)26(2)12-14-7-4-6-13-11-22-23-17(13)14/h4-11H,3,12H2,1-2H3,(H,22,23). The summed E-state index contributed by atoms with van der Waals surface area (Å²) in [6, 6.07) is 11.6. The fourth-order valence-corrected chi connectivity index (χ4v) is 3.05. The maximum atomic E-state index is 13.6. The Kier molecular flexibility index (Phi) is 4.94. The van der Waals surface area contributed by atoms with E-state index in [1.54, 1.807) is 32.3 Å². The number of benzene rings is 2. The number of fused-ring (bicyclic) bond motifs is 1. The normalized spacial score (nSPS) is 11.0. The van der Waals surface area contributed by atoms with Crippen LogP contribution in [0.3, 0.4) is 0 Å². The quantitative estimate of drug-likeness (QED) is 0.543. The Morgan fingerprint density at radius 2 is 2.07 bits per heavy atom. The molecule has 2 aromatic heterocycles. The number of aromatic nitrogens is 5. The summed E-state index contributed by atoms with van der Waals surface area (Å²) < 4.78 is 19.1. The van der Waals surface area contributed by atoms with Crippen LogP contribution >= 0.6 is 0 Å². The van der Waals surface area contributed by atoms with Crippen LogP contribution < -0.4 is 4.74 Å². The minimum Gasteiger partial charge on any atom is -0.475 e. The summed E-state index contributed by atoms with van der Waals surface area (Å²) >= 11 is 0. The number of carbonyl (C=O) groups is 1. The smallest absolute Gasteiger partial charge is 0.280 e. The van der Waals surface area contributed by atoms with E-state index in [1.165, 1.54) is 21.8 Å². The number of halogens is 1. The highest BCUT2D eigenvalue weighted by atomic mass is 19.1. The van der Waals surface area contributed by atoms with E-state index in [-0.39, 0.29) is 17.5 Å². The van der Waals surface area contributed by atoms with Crippen LogP contribution in [-0.4, -0.2) is 49.7 Å². The van der Waals surface area contributed by atoms with Crippen LogP contribution in [0.5, 0.6) is 5.88 Å². The number of rotatable bonds is 6. The second-order valence-corrected chi connectivity index (χ2v) is 6.47. The second kappa shape index (κ2) is 7.70. The number of aromatic amines is 1. The van der Waals surface area contributed by atoms with Crippen LogP contribution in [0.25, 0.3) is 16.6 Å². The van der Waals surface area contributed by atoms with Crippen LogP contribution in [0.15, 0.2) is 48.7 Å². The number of hydrogen-bond acceptors (Lipinski definition) is 5. The van der Waals surface area contributed by atoms with E-state index in [2.05, 4.69) is 20.4 Å². The Hall–Kier alpha value is -3.75. The molecule has 2 aromatic carbocycles. The molecule has 4 aromatic rings. The lowest BCUT2D eigenvalue weighted by molar-refractivity contribution is 0.0775. The van der Waals surface area contributed by atoms with Gasteiger partial charge in [0, 0.05) is 25.0 Å². The molecule has 8 nitrogen and oxygen atoms in total. The number of amides is 1. The summed E-state index contributed by atoms with van der Waals surface area (Å²) in [5.41, 5.74) is 2.26. The fraction of sp³-hybridized carbons (Fsp3) is 0.200. The molecule has 0 saturated carbocycles. The van der Waals surface area contributed by atoms with Gasteiger partial charge >= 0.3 is 0 Å². The number of hydrogen-bond donors (Lipinski definition) is 1. The number of nitrogens with zero attached hydrogens (tertiary/aromatic N) is 5. The van der Waals surface area contributed by atoms with E-state index in [4.69, 9.17) is 4.74 Å². The molecular formula is C20H19FN6O2. The van der Waals surface area contributed by atoms with Crippen molar-refractivity contribution in [3.05, 3.63) is 65.7 Å². The summed E-state index contributed by atoms with van der Waals surface area (Å²) in [5, 5.41) is 16.4. The first-order chi connectivity index (χ1) is 14.1. The van der Waals surface area contributed by atoms with Crippen molar-refractivity contribution in [3.63, 3.8) is 0 Å². The minimum atomic E-state index is -0.421. The van der Waals surface area contributed by atoms with Crippen molar-refractivity contribution in [2.45, 2.75) is 13.5 Å². The monoisotopic (exact) mass is 394 g/mol. The lowest BCUT2D eigenvalue weighted by atomic mass is 10.1. The molecule has 0 atom stereocenters. The van der Waals surface area contributed by atoms with Crippen molar-refractivity contribution in [1.82, 2.24) is 30.1 Å². The van der Waals surface area contributed by atoms with Gasteiger partial charge in [0.15, 0.2) is 0 Å². The summed E-state index contributed by atoms with van der Waals surface area (Å²) in [7, 11) is 1.68. The number of H-pyrrole nitrogens is 1. The highest BCUT2D eigenvalue weighted by Gasteiger charge is 2.24. The van der Waals surface area contributed by atoms with E-state index in [0.29, 0.717) is 18.8 Å². The fourth-order valence-electron chi connectivity index (χ4n) is 3.05. The number of ether oxygens (including phenoxy) is 1. The van der Waals surface area contributed by atoms with Crippen LogP contribution in [0.1, 0.15) is 23.0 Å². The number of nitrogens with one attached hydrogen (secondary N) is 1. The van der Waals surface area contributed by atoms with E-state index in [0.717, 1.165) is 16.5 Å². The van der Waals surface area contributed by atoms with Crippen LogP contribution in [0.2, 0.25) is 0 Å². The molecule has 0 radical (unpaired) electrons. The van der Waals surface area contributed by atoms with Crippen molar-refractivity contribution < 1.29 is 13.9 Å². The zero-order chi connectivity index (χ0) is 20.4. The highest BCUT2D eigenvalue weighted by molar-refractivity contribution is 5.94. The van der Waals surface area contributed by atoms with Gasteiger partial charge in [0.25, 0.3) is 11.8 Å². The SMILES string of the molecule is CCOc1nn(-c2cccc(F)c2)nc1C(=O)N(C)Cc1cccc2cn[nH]c12. The van der Waals surface area contributed by atoms with Gasteiger partial charge in [-0.2, -0.15) is 5.10 Å². The van der Waals surface area contributed by atoms with Gasteiger partial charge < -0.3 is 9.64 Å². The van der Waals surface area contributed by atoms with Crippen molar-refractivity contribution in [3.8, 4) is 11.6 Å². The Morgan fingerprint density at radius 3 is 2.86 bits per heavy atom. The van der Waals surface area contributed by atoms with Gasteiger partial charge in [-0.25, -0.2) is 4.39 Å². The predicted octanol–water partition coefficient (Wildman–Crippen LogP) is 2.95. The third-order valence-electron chi connectivity index (χ3n) is 4.42. The molecule has 0 aliphatic heterocycles. The first kappa shape index (κ1) is 18.6. The van der Waals surface area contributed by atoms with Crippen LogP contribution in [0.4, 0.5) is 4.39 Å². The molecule has 0 aliphatic carbocycles. The molecule has 29 heavy (non-hydrogen) atoms. The third kappa shape index (κ3) is 3.66. The van der Waals surface area contributed by atoms with Crippen LogP contribution in [-0.2, 0) is 6.54 Å². The average Bonchev–Trinajstić information content (AvgIpc) is 3.35. The maximum Gasteiger partial charge on any atom is 0.280 e. The molecule has 1 N–H and O–H groups in total. The highest BCUT2D eigenvalue weighted by Crippen LogP contribution is 2.21. The first-order valence-electron chi connectivity index (χ1n) is 9.09. The Labute approximate surface area is 165 Å². The van der Waals surface area contributed by atoms with Crippen LogP contribution in [0, 0.1) is 5.82 Å². The van der Waals surface area contributed by atoms with Gasteiger partial charge in [-0.1, -0.05) is 24.3 Å². The minimum absolute atomic E-state index is 0.0652. The van der Waals surface area contributed by atoms with Gasteiger partial charge in [0.1, 0.15) is 5.82 Å². The predicted molar refractivity (Wildman–Crippen MR) is 104 cm³/mol. The van der Waals surface area contributed by atoms with Gasteiger partial charge in [-0.3, -0.25) is 9.89 Å². The Morgan fingerprint density at radius 1 is 1.24 bits per heavy atom. The average molecular weight is 394 g/mol. The molecule has 148 valence electrons. The molecular weight excluding hydrogens is 375 g/mol. The Balaban J connectivity index is 1.64. The number of carbonyl (C=O) groups excluding carboxylic acids is 1. The van der Waals surface area contributed by atoms with E-state index >= 15 is 0 Å². The van der Waals surface area contributed by atoms with Gasteiger partial charge in [-0.15, -0.1) is 15.0 Å². The van der Waals surface area contributed by atoms with Crippen molar-refractivity contribution in [2.75, 3.05) is 13.7 Å². The molecule has 0 saturated heterocycles. The van der Waals surface area contributed by atoms with E-state index in [9.17, 15) is 9.18 Å². The number of para-hydroxylation sites is 1. The molecule has 0 aliphatic rings. The third-order valence-corrected chi connectivity index (χ3v) is 4.42. The molecule has 0 bridgehead atoms. The topological polar surface area (TPSA) is 88.9 Å². The summed E-state index contributed by atoms with van der Waals surface area (Å²) in [6.07, 6.45) is 1.73. The van der Waals surface area contributed by atoms with E-state index in [1.807, 2.05) is 18.2 Å². The molecule has 1 amide bonds. The van der Waals surface area contributed by atoms with Gasteiger partial charge in [-0.05, 0) is 24.6 Å². The molecule has 0 spiro atoms. The molecule has 0 unspecified atom stereocenters. The molecule has 9 heteroatoms. The summed E-state index contributed by atoms with van der Waals surface area (Å²) in [4.78, 5) is 15.8. The summed E-state index contributed by atoms with van der Waals surface area (Å²) in [5.74, 6) is -0.670. The molecule has 2 heterocycles. The Bertz CT molecular complexity index is 1170. The first-order valence-corrected chi connectivity index (χ1v) is 9.09. The van der Waals surface area contributed by atoms with Crippen molar-refractivity contribution in [2.24, 2.45) is 0 Å². The van der Waals surface area contributed by atoms with Crippen molar-refractivity contribution >= 4 is 16.8 Å². The maximum absolute atomic E-state index is 13.6. The zero-order valence-corrected chi connectivity index (χ0v) is 16.0. The second-order valence-electron chi connectivity index (χ2n) is 6.47. The lowest BCUT2D eigenvalue weighted by Gasteiger charge is -2.16. The summed E-state index contributed by atoms with van der Waals surface area (Å²) in [6.45, 7) is 2.45. The molecule has 4 rings (SSSR count). The van der Waals surface area contributed by atoms with Crippen molar-refractivity contribution in [1.29, 1.82) is 0 Å². The largest absolute Gasteiger partial charge is 0.475 e. The molecule has 0 fully saturated rings. The van der Waals surface area contributed by atoms with Gasteiger partial charge in [0.05, 0.1) is 24.0 Å². The lowest BCUT2D eigenvalue weighted by Crippen LogP contribution is -2.27. The van der Waals surface area contributed by atoms with E-state index < -0.39 is 5.82 Å². The zero-order valence-electron chi connectivity index (χ0n) is 16.0. The van der Waals surface area contributed by atoms with Gasteiger partial charge in [0.2, 0.25) is 5.69 Å².